The maximum atomic E-state index is 12.2. The van der Waals surface area contributed by atoms with E-state index in [1.807, 2.05) is 26.8 Å². The summed E-state index contributed by atoms with van der Waals surface area (Å²) >= 11 is 0. The predicted molar refractivity (Wildman–Crippen MR) is 75.1 cm³/mol. The van der Waals surface area contributed by atoms with Crippen LogP contribution < -0.4 is 4.90 Å². The molecule has 108 valence electrons. The monoisotopic (exact) mass is 277 g/mol. The molecule has 0 saturated carbocycles. The molecule has 0 atom stereocenters. The molecule has 0 aromatic heterocycles. The van der Waals surface area contributed by atoms with Gasteiger partial charge in [-0.05, 0) is 44.9 Å². The minimum absolute atomic E-state index is 0.390. The van der Waals surface area contributed by atoms with Gasteiger partial charge in [-0.2, -0.15) is 0 Å². The summed E-state index contributed by atoms with van der Waals surface area (Å²) in [5.41, 5.74) is 1.65. The fraction of sp³-hybridized carbons (Fsp3) is 0.467. The molecule has 0 aliphatic carbocycles. The van der Waals surface area contributed by atoms with E-state index in [4.69, 9.17) is 9.47 Å². The maximum absolute atomic E-state index is 12.2. The molecule has 0 fully saturated rings. The first-order chi connectivity index (χ1) is 9.31. The highest BCUT2D eigenvalue weighted by Gasteiger charge is 2.29. The average Bonchev–Trinajstić information content (AvgIpc) is 2.78. The zero-order valence-electron chi connectivity index (χ0n) is 12.2. The molecule has 1 aromatic carbocycles. The van der Waals surface area contributed by atoms with Gasteiger partial charge in [-0.1, -0.05) is 6.07 Å². The van der Waals surface area contributed by atoms with Crippen LogP contribution in [0.3, 0.4) is 0 Å². The normalized spacial score (nSPS) is 13.9. The Hall–Kier alpha value is -2.04. The van der Waals surface area contributed by atoms with Gasteiger partial charge in [0.15, 0.2) is 0 Å². The number of anilines is 1. The van der Waals surface area contributed by atoms with Crippen LogP contribution >= 0.6 is 0 Å². The van der Waals surface area contributed by atoms with E-state index < -0.39 is 17.7 Å². The van der Waals surface area contributed by atoms with Gasteiger partial charge >= 0.3 is 12.1 Å². The number of benzene rings is 1. The van der Waals surface area contributed by atoms with Crippen molar-refractivity contribution >= 4 is 17.7 Å². The smallest absolute Gasteiger partial charge is 0.414 e. The van der Waals surface area contributed by atoms with Crippen molar-refractivity contribution in [3.63, 3.8) is 0 Å². The highest BCUT2D eigenvalue weighted by molar-refractivity contribution is 5.95. The van der Waals surface area contributed by atoms with Crippen LogP contribution in [-0.4, -0.2) is 31.3 Å². The third kappa shape index (κ3) is 2.92. The second-order valence-electron chi connectivity index (χ2n) is 5.72. The van der Waals surface area contributed by atoms with E-state index in [9.17, 15) is 9.59 Å². The lowest BCUT2D eigenvalue weighted by Gasteiger charge is -2.24. The second-order valence-corrected chi connectivity index (χ2v) is 5.72. The van der Waals surface area contributed by atoms with Crippen LogP contribution in [0, 0.1) is 0 Å². The van der Waals surface area contributed by atoms with E-state index in [2.05, 4.69) is 0 Å². The van der Waals surface area contributed by atoms with E-state index in [1.165, 1.54) is 7.11 Å². The molecule has 0 bridgehead atoms. The average molecular weight is 277 g/mol. The summed E-state index contributed by atoms with van der Waals surface area (Å²) in [6, 6.07) is 5.24. The van der Waals surface area contributed by atoms with Crippen LogP contribution in [0.4, 0.5) is 10.5 Å². The van der Waals surface area contributed by atoms with Crippen molar-refractivity contribution in [3.05, 3.63) is 29.3 Å². The zero-order valence-corrected chi connectivity index (χ0v) is 12.2. The van der Waals surface area contributed by atoms with Crippen molar-refractivity contribution in [2.75, 3.05) is 18.6 Å². The quantitative estimate of drug-likeness (QED) is 0.741. The number of esters is 1. The summed E-state index contributed by atoms with van der Waals surface area (Å²) in [5, 5.41) is 0. The predicted octanol–water partition coefficient (Wildman–Crippen LogP) is 2.77. The van der Waals surface area contributed by atoms with Gasteiger partial charge in [-0.3, -0.25) is 4.90 Å². The topological polar surface area (TPSA) is 55.8 Å². The van der Waals surface area contributed by atoms with Crippen LogP contribution in [0.5, 0.6) is 0 Å². The fourth-order valence-electron chi connectivity index (χ4n) is 2.13. The van der Waals surface area contributed by atoms with E-state index in [0.29, 0.717) is 12.1 Å². The molecule has 0 N–H and O–H groups in total. The Bertz CT molecular complexity index is 545. The number of fused-ring (bicyclic) bond motifs is 1. The third-order valence-electron chi connectivity index (χ3n) is 3.02. The van der Waals surface area contributed by atoms with Crippen LogP contribution in [0.2, 0.25) is 0 Å². The van der Waals surface area contributed by atoms with Gasteiger partial charge in [0.2, 0.25) is 0 Å². The Balaban J connectivity index is 2.27. The van der Waals surface area contributed by atoms with Crippen molar-refractivity contribution < 1.29 is 19.1 Å². The van der Waals surface area contributed by atoms with Gasteiger partial charge in [-0.25, -0.2) is 9.59 Å². The highest BCUT2D eigenvalue weighted by atomic mass is 16.6. The lowest BCUT2D eigenvalue weighted by Crippen LogP contribution is -2.35. The standard InChI is InChI=1S/C15H19NO4/c1-15(2,3)20-14(18)16-8-7-10-5-6-11(9-12(10)16)13(17)19-4/h5-6,9H,7-8H2,1-4H3. The molecule has 1 amide bonds. The number of carbonyl (C=O) groups excluding carboxylic acids is 2. The number of amides is 1. The first-order valence-corrected chi connectivity index (χ1v) is 6.53. The second kappa shape index (κ2) is 5.15. The molecule has 2 rings (SSSR count). The summed E-state index contributed by atoms with van der Waals surface area (Å²) in [7, 11) is 1.33. The highest BCUT2D eigenvalue weighted by Crippen LogP contribution is 2.30. The molecule has 0 saturated heterocycles. The Morgan fingerprint density at radius 2 is 1.95 bits per heavy atom. The summed E-state index contributed by atoms with van der Waals surface area (Å²) < 4.78 is 10.1. The van der Waals surface area contributed by atoms with E-state index in [0.717, 1.165) is 17.7 Å². The number of rotatable bonds is 1. The van der Waals surface area contributed by atoms with E-state index in [-0.39, 0.29) is 0 Å². The Morgan fingerprint density at radius 1 is 1.25 bits per heavy atom. The molecule has 0 radical (unpaired) electrons. The largest absolute Gasteiger partial charge is 0.465 e. The molecule has 20 heavy (non-hydrogen) atoms. The molecule has 1 aliphatic rings. The van der Waals surface area contributed by atoms with E-state index >= 15 is 0 Å². The number of hydrogen-bond acceptors (Lipinski definition) is 4. The number of carbonyl (C=O) groups is 2. The van der Waals surface area contributed by atoms with Gasteiger partial charge < -0.3 is 9.47 Å². The van der Waals surface area contributed by atoms with Gasteiger partial charge in [0.25, 0.3) is 0 Å². The first kappa shape index (κ1) is 14.4. The molecule has 1 aliphatic heterocycles. The number of ether oxygens (including phenoxy) is 2. The molecular formula is C15H19NO4. The van der Waals surface area contributed by atoms with Gasteiger partial charge in [0, 0.05) is 6.54 Å². The Kier molecular flexibility index (Phi) is 3.70. The first-order valence-electron chi connectivity index (χ1n) is 6.53. The SMILES string of the molecule is COC(=O)c1ccc2c(c1)N(C(=O)OC(C)(C)C)CC2. The number of hydrogen-bond donors (Lipinski definition) is 0. The maximum Gasteiger partial charge on any atom is 0.414 e. The number of methoxy groups -OCH3 is 1. The molecule has 1 heterocycles. The van der Waals surface area contributed by atoms with Crippen LogP contribution in [0.25, 0.3) is 0 Å². The van der Waals surface area contributed by atoms with Crippen LogP contribution in [-0.2, 0) is 15.9 Å². The summed E-state index contributed by atoms with van der Waals surface area (Å²) in [6.07, 6.45) is 0.369. The van der Waals surface area contributed by atoms with Gasteiger partial charge in [-0.15, -0.1) is 0 Å². The summed E-state index contributed by atoms with van der Waals surface area (Å²) in [6.45, 7) is 6.04. The molecule has 5 nitrogen and oxygen atoms in total. The van der Waals surface area contributed by atoms with Crippen molar-refractivity contribution in [1.82, 2.24) is 0 Å². The van der Waals surface area contributed by atoms with E-state index in [1.54, 1.807) is 17.0 Å². The van der Waals surface area contributed by atoms with Crippen molar-refractivity contribution in [3.8, 4) is 0 Å². The zero-order chi connectivity index (χ0) is 14.9. The number of nitrogens with zero attached hydrogens (tertiary/aromatic N) is 1. The van der Waals surface area contributed by atoms with Crippen LogP contribution in [0.15, 0.2) is 18.2 Å². The van der Waals surface area contributed by atoms with Crippen molar-refractivity contribution in [2.24, 2.45) is 0 Å². The lowest BCUT2D eigenvalue weighted by atomic mass is 10.1. The molecule has 5 heteroatoms. The Labute approximate surface area is 118 Å². The fourth-order valence-corrected chi connectivity index (χ4v) is 2.13. The molecular weight excluding hydrogens is 258 g/mol. The van der Waals surface area contributed by atoms with Crippen LogP contribution in [0.1, 0.15) is 36.7 Å². The van der Waals surface area contributed by atoms with Gasteiger partial charge in [0.1, 0.15) is 5.60 Å². The lowest BCUT2D eigenvalue weighted by molar-refractivity contribution is 0.0576. The summed E-state index contributed by atoms with van der Waals surface area (Å²) in [4.78, 5) is 25.3. The van der Waals surface area contributed by atoms with Gasteiger partial charge in [0.05, 0.1) is 18.4 Å². The van der Waals surface area contributed by atoms with Crippen molar-refractivity contribution in [2.45, 2.75) is 32.8 Å². The summed E-state index contributed by atoms with van der Waals surface area (Å²) in [5.74, 6) is -0.413. The molecule has 0 spiro atoms. The minimum atomic E-state index is -0.542. The molecule has 0 unspecified atom stereocenters. The minimum Gasteiger partial charge on any atom is -0.465 e. The Morgan fingerprint density at radius 3 is 2.55 bits per heavy atom. The third-order valence-corrected chi connectivity index (χ3v) is 3.02. The molecule has 1 aromatic rings. The van der Waals surface area contributed by atoms with Crippen molar-refractivity contribution in [1.29, 1.82) is 0 Å².